The maximum absolute atomic E-state index is 10.7. The molecule has 5 nitrogen and oxygen atoms in total. The summed E-state index contributed by atoms with van der Waals surface area (Å²) >= 11 is 0. The first-order valence-corrected chi connectivity index (χ1v) is 6.07. The Balaban J connectivity index is 2.63. The van der Waals surface area contributed by atoms with Crippen LogP contribution in [0.25, 0.3) is 0 Å². The zero-order valence-electron chi connectivity index (χ0n) is 8.39. The van der Waals surface area contributed by atoms with Crippen LogP contribution in [-0.2, 0) is 19.6 Å². The van der Waals surface area contributed by atoms with E-state index in [-0.39, 0.29) is 11.9 Å². The predicted molar refractivity (Wildman–Crippen MR) is 50.8 cm³/mol. The van der Waals surface area contributed by atoms with Crippen molar-refractivity contribution in [3.8, 4) is 0 Å². The Morgan fingerprint density at radius 2 is 2.07 bits per heavy atom. The predicted octanol–water partition coefficient (Wildman–Crippen LogP) is 0.316. The van der Waals surface area contributed by atoms with Crippen LogP contribution < -0.4 is 0 Å². The highest BCUT2D eigenvalue weighted by Crippen LogP contribution is 2.27. The minimum atomic E-state index is -3.97. The Morgan fingerprint density at radius 1 is 1.43 bits per heavy atom. The molecule has 1 unspecified atom stereocenters. The molecule has 6 heteroatoms. The van der Waals surface area contributed by atoms with Crippen LogP contribution in [0.4, 0.5) is 0 Å². The molecular formula is C8H16O5S. The third-order valence-corrected chi connectivity index (χ3v) is 3.35. The van der Waals surface area contributed by atoms with Crippen LogP contribution in [0.15, 0.2) is 0 Å². The molecule has 84 valence electrons. The normalized spacial score (nSPS) is 24.9. The second-order valence-electron chi connectivity index (χ2n) is 4.15. The minimum Gasteiger partial charge on any atom is -0.376 e. The lowest BCUT2D eigenvalue weighted by Gasteiger charge is -2.35. The molecule has 14 heavy (non-hydrogen) atoms. The van der Waals surface area contributed by atoms with Gasteiger partial charge in [-0.15, -0.1) is 0 Å². The summed E-state index contributed by atoms with van der Waals surface area (Å²) in [7, 11) is -3.97. The van der Waals surface area contributed by atoms with Gasteiger partial charge in [-0.1, -0.05) is 13.8 Å². The average Bonchev–Trinajstić information content (AvgIpc) is 2.01. The summed E-state index contributed by atoms with van der Waals surface area (Å²) in [5.41, 5.74) is -0.631. The van der Waals surface area contributed by atoms with Gasteiger partial charge in [0.15, 0.2) is 0 Å². The summed E-state index contributed by atoms with van der Waals surface area (Å²) in [5.74, 6) is -0.311. The molecule has 1 heterocycles. The quantitative estimate of drug-likeness (QED) is 0.699. The van der Waals surface area contributed by atoms with Crippen LogP contribution in [0.1, 0.15) is 13.8 Å². The van der Waals surface area contributed by atoms with E-state index in [1.165, 1.54) is 0 Å². The Hall–Kier alpha value is -0.170. The summed E-state index contributed by atoms with van der Waals surface area (Å²) in [6.07, 6.45) is -0.279. The van der Waals surface area contributed by atoms with Gasteiger partial charge >= 0.3 is 0 Å². The third kappa shape index (κ3) is 3.53. The first kappa shape index (κ1) is 11.9. The standard InChI is InChI=1S/C8H16O5S/c1-8(2,6-14(9,10)11)7-5-12-3-4-13-7/h7H,3-6H2,1-2H3,(H,9,10,11). The van der Waals surface area contributed by atoms with Gasteiger partial charge in [-0.2, -0.15) is 8.42 Å². The molecule has 0 spiro atoms. The van der Waals surface area contributed by atoms with Crippen LogP contribution in [0, 0.1) is 5.41 Å². The lowest BCUT2D eigenvalue weighted by molar-refractivity contribution is -0.127. The molecular weight excluding hydrogens is 208 g/mol. The first-order valence-electron chi connectivity index (χ1n) is 4.46. The van der Waals surface area contributed by atoms with Crippen molar-refractivity contribution in [3.63, 3.8) is 0 Å². The Morgan fingerprint density at radius 3 is 2.50 bits per heavy atom. The molecule has 1 rings (SSSR count). The molecule has 0 aromatic heterocycles. The third-order valence-electron chi connectivity index (χ3n) is 2.24. The van der Waals surface area contributed by atoms with Gasteiger partial charge in [0, 0.05) is 5.41 Å². The lowest BCUT2D eigenvalue weighted by atomic mass is 9.89. The second kappa shape index (κ2) is 4.14. The van der Waals surface area contributed by atoms with Crippen LogP contribution >= 0.6 is 0 Å². The topological polar surface area (TPSA) is 72.8 Å². The van der Waals surface area contributed by atoms with Gasteiger partial charge in [0.2, 0.25) is 0 Å². The van der Waals surface area contributed by atoms with Gasteiger partial charge in [-0.05, 0) is 0 Å². The molecule has 0 aromatic rings. The lowest BCUT2D eigenvalue weighted by Crippen LogP contribution is -2.44. The van der Waals surface area contributed by atoms with Crippen molar-refractivity contribution in [1.29, 1.82) is 0 Å². The van der Waals surface area contributed by atoms with E-state index < -0.39 is 15.5 Å². The highest BCUT2D eigenvalue weighted by molar-refractivity contribution is 7.85. The average molecular weight is 224 g/mol. The van der Waals surface area contributed by atoms with E-state index in [1.807, 2.05) is 0 Å². The molecule has 0 saturated carbocycles. The van der Waals surface area contributed by atoms with Crippen molar-refractivity contribution < 1.29 is 22.4 Å². The fourth-order valence-corrected chi connectivity index (χ4v) is 2.63. The zero-order valence-corrected chi connectivity index (χ0v) is 9.21. The summed E-state index contributed by atoms with van der Waals surface area (Å²) in [5, 5.41) is 0. The summed E-state index contributed by atoms with van der Waals surface area (Å²) in [4.78, 5) is 0. The van der Waals surface area contributed by atoms with E-state index in [4.69, 9.17) is 14.0 Å². The SMILES string of the molecule is CC(C)(CS(=O)(=O)O)C1COCCO1. The van der Waals surface area contributed by atoms with Crippen LogP contribution in [0.3, 0.4) is 0 Å². The number of rotatable bonds is 3. The van der Waals surface area contributed by atoms with Crippen molar-refractivity contribution in [2.75, 3.05) is 25.6 Å². The molecule has 0 bridgehead atoms. The molecule has 1 N–H and O–H groups in total. The molecule has 1 saturated heterocycles. The monoisotopic (exact) mass is 224 g/mol. The molecule has 1 aliphatic heterocycles. The Bertz CT molecular complexity index is 276. The van der Waals surface area contributed by atoms with Gasteiger partial charge in [0.1, 0.15) is 0 Å². The van der Waals surface area contributed by atoms with E-state index in [2.05, 4.69) is 0 Å². The van der Waals surface area contributed by atoms with Gasteiger partial charge < -0.3 is 9.47 Å². The fourth-order valence-electron chi connectivity index (χ4n) is 1.50. The first-order chi connectivity index (χ1) is 6.31. The van der Waals surface area contributed by atoms with E-state index in [0.717, 1.165) is 0 Å². The minimum absolute atomic E-state index is 0.279. The highest BCUT2D eigenvalue weighted by Gasteiger charge is 2.36. The zero-order chi connectivity index (χ0) is 10.8. The molecule has 1 atom stereocenters. The van der Waals surface area contributed by atoms with Crippen molar-refractivity contribution in [2.24, 2.45) is 5.41 Å². The highest BCUT2D eigenvalue weighted by atomic mass is 32.2. The Labute approximate surface area is 84.1 Å². The summed E-state index contributed by atoms with van der Waals surface area (Å²) < 4.78 is 40.8. The van der Waals surface area contributed by atoms with Gasteiger partial charge in [-0.25, -0.2) is 0 Å². The molecule has 0 amide bonds. The number of ether oxygens (including phenoxy) is 2. The van der Waals surface area contributed by atoms with Gasteiger partial charge in [0.25, 0.3) is 10.1 Å². The van der Waals surface area contributed by atoms with Crippen LogP contribution in [0.2, 0.25) is 0 Å². The van der Waals surface area contributed by atoms with Crippen molar-refractivity contribution in [2.45, 2.75) is 20.0 Å². The van der Waals surface area contributed by atoms with Crippen LogP contribution in [-0.4, -0.2) is 44.6 Å². The molecule has 1 aliphatic rings. The van der Waals surface area contributed by atoms with Gasteiger partial charge in [0.05, 0.1) is 31.7 Å². The maximum Gasteiger partial charge on any atom is 0.265 e. The molecule has 0 aliphatic carbocycles. The maximum atomic E-state index is 10.7. The smallest absolute Gasteiger partial charge is 0.265 e. The number of hydrogen-bond acceptors (Lipinski definition) is 4. The summed E-state index contributed by atoms with van der Waals surface area (Å²) in [6.45, 7) is 4.86. The Kier molecular flexibility index (Phi) is 3.52. The molecule has 0 aromatic carbocycles. The largest absolute Gasteiger partial charge is 0.376 e. The fraction of sp³-hybridized carbons (Fsp3) is 1.00. The number of hydrogen-bond donors (Lipinski definition) is 1. The van der Waals surface area contributed by atoms with Crippen molar-refractivity contribution in [1.82, 2.24) is 0 Å². The van der Waals surface area contributed by atoms with Crippen LogP contribution in [0.5, 0.6) is 0 Å². The summed E-state index contributed by atoms with van der Waals surface area (Å²) in [6, 6.07) is 0. The molecule has 0 radical (unpaired) electrons. The van der Waals surface area contributed by atoms with Crippen molar-refractivity contribution in [3.05, 3.63) is 0 Å². The van der Waals surface area contributed by atoms with Crippen molar-refractivity contribution >= 4 is 10.1 Å². The second-order valence-corrected chi connectivity index (χ2v) is 5.60. The van der Waals surface area contributed by atoms with E-state index in [1.54, 1.807) is 13.8 Å². The van der Waals surface area contributed by atoms with E-state index in [0.29, 0.717) is 19.8 Å². The van der Waals surface area contributed by atoms with E-state index >= 15 is 0 Å². The molecule has 1 fully saturated rings. The van der Waals surface area contributed by atoms with E-state index in [9.17, 15) is 8.42 Å². The van der Waals surface area contributed by atoms with Gasteiger partial charge in [-0.3, -0.25) is 4.55 Å².